The Morgan fingerprint density at radius 1 is 1.20 bits per heavy atom. The van der Waals surface area contributed by atoms with Crippen LogP contribution in [-0.2, 0) is 0 Å². The van der Waals surface area contributed by atoms with Crippen molar-refractivity contribution < 1.29 is 0 Å². The average Bonchev–Trinajstić information content (AvgIpc) is 2.54. The lowest BCUT2D eigenvalue weighted by molar-refractivity contribution is 1.09. The molecule has 4 nitrogen and oxygen atoms in total. The summed E-state index contributed by atoms with van der Waals surface area (Å²) in [7, 11) is 0. The summed E-state index contributed by atoms with van der Waals surface area (Å²) in [5, 5.41) is 1.99. The smallest absolute Gasteiger partial charge is 0.144 e. The molecule has 0 aliphatic carbocycles. The zero-order valence-corrected chi connectivity index (χ0v) is 8.28. The summed E-state index contributed by atoms with van der Waals surface area (Å²) in [5.74, 6) is 1.22. The van der Waals surface area contributed by atoms with Crippen LogP contribution in [0.2, 0.25) is 0 Å². The highest BCUT2D eigenvalue weighted by molar-refractivity contribution is 6.10. The fourth-order valence-corrected chi connectivity index (χ4v) is 1.89. The minimum atomic E-state index is 0.537. The van der Waals surface area contributed by atoms with E-state index in [1.807, 2.05) is 31.2 Å². The van der Waals surface area contributed by atoms with Gasteiger partial charge in [0.15, 0.2) is 0 Å². The largest absolute Gasteiger partial charge is 0.383 e. The zero-order chi connectivity index (χ0) is 10.4. The van der Waals surface area contributed by atoms with Gasteiger partial charge < -0.3 is 10.7 Å². The molecule has 0 aliphatic heterocycles. The van der Waals surface area contributed by atoms with Crippen LogP contribution in [0.4, 0.5) is 5.82 Å². The number of fused-ring (bicyclic) bond motifs is 3. The molecule has 2 aromatic heterocycles. The Balaban J connectivity index is 2.61. The van der Waals surface area contributed by atoms with E-state index in [0.29, 0.717) is 11.6 Å². The van der Waals surface area contributed by atoms with Gasteiger partial charge in [-0.1, -0.05) is 18.2 Å². The van der Waals surface area contributed by atoms with E-state index in [-0.39, 0.29) is 0 Å². The van der Waals surface area contributed by atoms with Gasteiger partial charge in [0.1, 0.15) is 17.3 Å². The number of benzene rings is 1. The molecule has 0 saturated heterocycles. The van der Waals surface area contributed by atoms with Crippen molar-refractivity contribution in [3.63, 3.8) is 0 Å². The summed E-state index contributed by atoms with van der Waals surface area (Å²) < 4.78 is 0. The van der Waals surface area contributed by atoms with Crippen LogP contribution in [-0.4, -0.2) is 15.0 Å². The molecule has 0 atom stereocenters. The van der Waals surface area contributed by atoms with E-state index in [1.54, 1.807) is 0 Å². The predicted molar refractivity (Wildman–Crippen MR) is 60.5 cm³/mol. The fourth-order valence-electron chi connectivity index (χ4n) is 1.89. The monoisotopic (exact) mass is 198 g/mol. The molecule has 3 N–H and O–H groups in total. The summed E-state index contributed by atoms with van der Waals surface area (Å²) in [6.07, 6.45) is 0. The Bertz CT molecular complexity index is 654. The molecular weight excluding hydrogens is 188 g/mol. The van der Waals surface area contributed by atoms with Crippen molar-refractivity contribution in [3.05, 3.63) is 30.1 Å². The molecule has 0 spiro atoms. The lowest BCUT2D eigenvalue weighted by Crippen LogP contribution is -1.95. The van der Waals surface area contributed by atoms with Crippen molar-refractivity contribution in [1.82, 2.24) is 15.0 Å². The van der Waals surface area contributed by atoms with Crippen LogP contribution in [0.3, 0.4) is 0 Å². The van der Waals surface area contributed by atoms with Crippen molar-refractivity contribution in [2.75, 3.05) is 5.73 Å². The van der Waals surface area contributed by atoms with E-state index in [9.17, 15) is 0 Å². The van der Waals surface area contributed by atoms with E-state index < -0.39 is 0 Å². The number of anilines is 1. The first-order valence-corrected chi connectivity index (χ1v) is 4.76. The van der Waals surface area contributed by atoms with Crippen molar-refractivity contribution in [1.29, 1.82) is 0 Å². The second-order valence-corrected chi connectivity index (χ2v) is 3.55. The quantitative estimate of drug-likeness (QED) is 0.580. The summed E-state index contributed by atoms with van der Waals surface area (Å²) in [6.45, 7) is 1.83. The van der Waals surface area contributed by atoms with Crippen molar-refractivity contribution in [3.8, 4) is 0 Å². The number of aromatic nitrogens is 3. The topological polar surface area (TPSA) is 67.6 Å². The molecule has 3 rings (SSSR count). The Morgan fingerprint density at radius 3 is 2.87 bits per heavy atom. The maximum absolute atomic E-state index is 5.90. The zero-order valence-electron chi connectivity index (χ0n) is 8.28. The van der Waals surface area contributed by atoms with Gasteiger partial charge in [-0.05, 0) is 13.0 Å². The summed E-state index contributed by atoms with van der Waals surface area (Å²) in [6, 6.07) is 7.98. The maximum atomic E-state index is 5.90. The number of nitrogen functional groups attached to an aromatic ring is 1. The molecule has 0 saturated carbocycles. The van der Waals surface area contributed by atoms with Crippen LogP contribution in [0.1, 0.15) is 5.82 Å². The molecule has 0 fully saturated rings. The van der Waals surface area contributed by atoms with Crippen molar-refractivity contribution in [2.24, 2.45) is 0 Å². The first-order chi connectivity index (χ1) is 7.25. The third-order valence-corrected chi connectivity index (χ3v) is 2.50. The second-order valence-electron chi connectivity index (χ2n) is 3.55. The van der Waals surface area contributed by atoms with Crippen LogP contribution in [0.15, 0.2) is 24.3 Å². The lowest BCUT2D eigenvalue weighted by atomic mass is 10.2. The van der Waals surface area contributed by atoms with Gasteiger partial charge in [-0.25, -0.2) is 9.97 Å². The third-order valence-electron chi connectivity index (χ3n) is 2.50. The highest BCUT2D eigenvalue weighted by atomic mass is 15.0. The van der Waals surface area contributed by atoms with E-state index >= 15 is 0 Å². The number of aryl methyl sites for hydroxylation is 1. The summed E-state index contributed by atoms with van der Waals surface area (Å²) in [4.78, 5) is 11.7. The molecule has 0 bridgehead atoms. The Hall–Kier alpha value is -2.10. The van der Waals surface area contributed by atoms with Crippen LogP contribution >= 0.6 is 0 Å². The number of hydrogen-bond donors (Lipinski definition) is 2. The van der Waals surface area contributed by atoms with E-state index in [1.165, 1.54) is 0 Å². The number of aromatic amines is 1. The predicted octanol–water partition coefficient (Wildman–Crippen LogP) is 2.00. The van der Waals surface area contributed by atoms with Crippen LogP contribution < -0.4 is 5.73 Å². The lowest BCUT2D eigenvalue weighted by Gasteiger charge is -1.97. The number of para-hydroxylation sites is 1. The van der Waals surface area contributed by atoms with Crippen LogP contribution in [0.25, 0.3) is 21.9 Å². The van der Waals surface area contributed by atoms with E-state index in [4.69, 9.17) is 5.73 Å². The molecule has 2 heterocycles. The minimum absolute atomic E-state index is 0.537. The number of hydrogen-bond acceptors (Lipinski definition) is 3. The number of H-pyrrole nitrogens is 1. The summed E-state index contributed by atoms with van der Waals surface area (Å²) >= 11 is 0. The molecule has 3 aromatic rings. The van der Waals surface area contributed by atoms with Crippen molar-refractivity contribution in [2.45, 2.75) is 6.92 Å². The van der Waals surface area contributed by atoms with Gasteiger partial charge >= 0.3 is 0 Å². The SMILES string of the molecule is Cc1nc(N)c2c(n1)[nH]c1ccccc12. The van der Waals surface area contributed by atoms with Crippen LogP contribution in [0, 0.1) is 6.92 Å². The Kier molecular flexibility index (Phi) is 1.48. The minimum Gasteiger partial charge on any atom is -0.383 e. The average molecular weight is 198 g/mol. The van der Waals surface area contributed by atoms with Gasteiger partial charge in [0.25, 0.3) is 0 Å². The Labute approximate surface area is 86.1 Å². The van der Waals surface area contributed by atoms with Crippen LogP contribution in [0.5, 0.6) is 0 Å². The third kappa shape index (κ3) is 1.08. The highest BCUT2D eigenvalue weighted by Gasteiger charge is 2.09. The van der Waals surface area contributed by atoms with Crippen molar-refractivity contribution >= 4 is 27.8 Å². The molecule has 0 radical (unpaired) electrons. The molecule has 74 valence electrons. The van der Waals surface area contributed by atoms with E-state index in [0.717, 1.165) is 21.9 Å². The van der Waals surface area contributed by atoms with Gasteiger partial charge in [0.05, 0.1) is 5.39 Å². The number of rotatable bonds is 0. The maximum Gasteiger partial charge on any atom is 0.144 e. The first-order valence-electron chi connectivity index (χ1n) is 4.76. The molecule has 0 amide bonds. The molecule has 0 aliphatic rings. The fraction of sp³-hybridized carbons (Fsp3) is 0.0909. The Morgan fingerprint density at radius 2 is 2.00 bits per heavy atom. The molecular formula is C11H10N4. The van der Waals surface area contributed by atoms with Gasteiger partial charge in [-0.2, -0.15) is 0 Å². The highest BCUT2D eigenvalue weighted by Crippen LogP contribution is 2.27. The standard InChI is InChI=1S/C11H10N4/c1-6-13-10(12)9-7-4-2-3-5-8(7)15-11(9)14-6/h2-5H,1H3,(H3,12,13,14,15). The number of nitrogens with zero attached hydrogens (tertiary/aromatic N) is 2. The molecule has 1 aromatic carbocycles. The van der Waals surface area contributed by atoms with Gasteiger partial charge in [-0.15, -0.1) is 0 Å². The molecule has 0 unspecified atom stereocenters. The van der Waals surface area contributed by atoms with Gasteiger partial charge in [0.2, 0.25) is 0 Å². The molecule has 4 heteroatoms. The van der Waals surface area contributed by atoms with Gasteiger partial charge in [0, 0.05) is 10.9 Å². The second kappa shape index (κ2) is 2.70. The van der Waals surface area contributed by atoms with Gasteiger partial charge in [-0.3, -0.25) is 0 Å². The number of nitrogens with two attached hydrogens (primary N) is 1. The number of nitrogens with one attached hydrogen (secondary N) is 1. The van der Waals surface area contributed by atoms with E-state index in [2.05, 4.69) is 15.0 Å². The summed E-state index contributed by atoms with van der Waals surface area (Å²) in [5.41, 5.74) is 7.74. The normalized spacial score (nSPS) is 11.3. The first kappa shape index (κ1) is 8.23. The molecule has 15 heavy (non-hydrogen) atoms.